The molecule has 0 saturated carbocycles. The molecule has 0 radical (unpaired) electrons. The van der Waals surface area contributed by atoms with Crippen LogP contribution in [0.25, 0.3) is 0 Å². The number of hydrogen-bond acceptors (Lipinski definition) is 5. The number of aryl methyl sites for hydroxylation is 2. The Bertz CT molecular complexity index is 929. The number of rotatable bonds is 6. The third kappa shape index (κ3) is 5.17. The number of ether oxygens (including phenoxy) is 1. The summed E-state index contributed by atoms with van der Waals surface area (Å²) in [6, 6.07) is 6.79. The van der Waals surface area contributed by atoms with Crippen molar-refractivity contribution in [2.45, 2.75) is 33.4 Å². The first-order valence-corrected chi connectivity index (χ1v) is 8.08. The minimum absolute atomic E-state index is 0.234. The van der Waals surface area contributed by atoms with E-state index in [0.717, 1.165) is 21.8 Å². The summed E-state index contributed by atoms with van der Waals surface area (Å²) in [5.41, 5.74) is 1.97. The van der Waals surface area contributed by atoms with Gasteiger partial charge in [0.15, 0.2) is 6.61 Å². The molecule has 26 heavy (non-hydrogen) atoms. The van der Waals surface area contributed by atoms with Gasteiger partial charge in [-0.3, -0.25) is 23.9 Å². The number of aromatic nitrogens is 2. The number of hydrogen-bond donors (Lipinski definition) is 2. The third-order valence-corrected chi connectivity index (χ3v) is 3.97. The predicted octanol–water partition coefficient (Wildman–Crippen LogP) is 0.574. The van der Waals surface area contributed by atoms with E-state index in [1.165, 1.54) is 11.8 Å². The molecule has 0 unspecified atom stereocenters. The van der Waals surface area contributed by atoms with Crippen molar-refractivity contribution < 1.29 is 14.3 Å². The van der Waals surface area contributed by atoms with Crippen LogP contribution in [0.3, 0.4) is 0 Å². The lowest BCUT2D eigenvalue weighted by atomic mass is 10.0. The molecule has 1 heterocycles. The first-order valence-electron chi connectivity index (χ1n) is 8.08. The fourth-order valence-corrected chi connectivity index (χ4v) is 2.30. The van der Waals surface area contributed by atoms with Crippen molar-refractivity contribution in [1.82, 2.24) is 14.9 Å². The standard InChI is InChI=1S/C18H21N3O5/c1-11-4-5-14(8-12(11)2)13(3)19-16(23)10-26-17(24)9-21-7-6-15(22)20-18(21)25/h4-8,13H,9-10H2,1-3H3,(H,19,23)(H,20,22,25)/t13-/m0/s1. The lowest BCUT2D eigenvalue weighted by Crippen LogP contribution is -2.34. The van der Waals surface area contributed by atoms with Crippen LogP contribution in [0.4, 0.5) is 0 Å². The average Bonchev–Trinajstić information content (AvgIpc) is 2.58. The van der Waals surface area contributed by atoms with Crippen molar-refractivity contribution in [2.24, 2.45) is 0 Å². The number of H-pyrrole nitrogens is 1. The third-order valence-electron chi connectivity index (χ3n) is 3.97. The van der Waals surface area contributed by atoms with Crippen LogP contribution in [0.5, 0.6) is 0 Å². The Labute approximate surface area is 149 Å². The molecule has 2 N–H and O–H groups in total. The summed E-state index contributed by atoms with van der Waals surface area (Å²) in [4.78, 5) is 48.2. The van der Waals surface area contributed by atoms with Crippen LogP contribution in [-0.4, -0.2) is 28.0 Å². The molecule has 0 aliphatic carbocycles. The van der Waals surface area contributed by atoms with Gasteiger partial charge < -0.3 is 10.1 Å². The van der Waals surface area contributed by atoms with Gasteiger partial charge in [-0.25, -0.2) is 4.79 Å². The molecule has 0 saturated heterocycles. The molecule has 1 aromatic heterocycles. The van der Waals surface area contributed by atoms with E-state index in [1.807, 2.05) is 44.0 Å². The Morgan fingerprint density at radius 1 is 1.19 bits per heavy atom. The lowest BCUT2D eigenvalue weighted by molar-refractivity contribution is -0.149. The fourth-order valence-electron chi connectivity index (χ4n) is 2.30. The second kappa shape index (κ2) is 8.28. The van der Waals surface area contributed by atoms with Crippen LogP contribution < -0.4 is 16.6 Å². The van der Waals surface area contributed by atoms with Crippen molar-refractivity contribution in [2.75, 3.05) is 6.61 Å². The number of esters is 1. The zero-order chi connectivity index (χ0) is 19.3. The molecular weight excluding hydrogens is 338 g/mol. The fraction of sp³-hybridized carbons (Fsp3) is 0.333. The summed E-state index contributed by atoms with van der Waals surface area (Å²) < 4.78 is 5.86. The monoisotopic (exact) mass is 359 g/mol. The van der Waals surface area contributed by atoms with E-state index in [9.17, 15) is 19.2 Å². The van der Waals surface area contributed by atoms with Crippen LogP contribution >= 0.6 is 0 Å². The first kappa shape index (κ1) is 19.2. The Morgan fingerprint density at radius 2 is 1.92 bits per heavy atom. The van der Waals surface area contributed by atoms with Gasteiger partial charge in [-0.2, -0.15) is 0 Å². The number of nitrogens with one attached hydrogen (secondary N) is 2. The minimum Gasteiger partial charge on any atom is -0.454 e. The molecule has 0 spiro atoms. The number of benzene rings is 1. The van der Waals surface area contributed by atoms with Crippen molar-refractivity contribution in [3.8, 4) is 0 Å². The highest BCUT2D eigenvalue weighted by atomic mass is 16.5. The van der Waals surface area contributed by atoms with Gasteiger partial charge in [0, 0.05) is 12.3 Å². The first-order chi connectivity index (χ1) is 12.3. The molecule has 1 atom stereocenters. The Hall–Kier alpha value is -3.16. The number of carbonyl (C=O) groups excluding carboxylic acids is 2. The molecule has 1 aromatic carbocycles. The molecule has 8 heteroatoms. The highest BCUT2D eigenvalue weighted by molar-refractivity contribution is 5.80. The molecule has 8 nitrogen and oxygen atoms in total. The van der Waals surface area contributed by atoms with Crippen LogP contribution in [0.1, 0.15) is 29.7 Å². The molecule has 2 rings (SSSR count). The second-order valence-electron chi connectivity index (χ2n) is 6.03. The van der Waals surface area contributed by atoms with Gasteiger partial charge in [-0.15, -0.1) is 0 Å². The number of aromatic amines is 1. The summed E-state index contributed by atoms with van der Waals surface area (Å²) >= 11 is 0. The summed E-state index contributed by atoms with van der Waals surface area (Å²) in [6.07, 6.45) is 1.18. The van der Waals surface area contributed by atoms with Gasteiger partial charge >= 0.3 is 11.7 Å². The quantitative estimate of drug-likeness (QED) is 0.733. The van der Waals surface area contributed by atoms with E-state index >= 15 is 0 Å². The summed E-state index contributed by atoms with van der Waals surface area (Å²) in [7, 11) is 0. The van der Waals surface area contributed by atoms with Gasteiger partial charge in [-0.1, -0.05) is 18.2 Å². The van der Waals surface area contributed by atoms with Crippen LogP contribution in [-0.2, 0) is 20.9 Å². The van der Waals surface area contributed by atoms with Gasteiger partial charge in [0.25, 0.3) is 11.5 Å². The van der Waals surface area contributed by atoms with E-state index in [0.29, 0.717) is 0 Å². The SMILES string of the molecule is Cc1ccc([C@H](C)NC(=O)COC(=O)Cn2ccc(=O)[nH]c2=O)cc1C. The predicted molar refractivity (Wildman–Crippen MR) is 94.8 cm³/mol. The normalized spacial score (nSPS) is 11.7. The lowest BCUT2D eigenvalue weighted by Gasteiger charge is -2.16. The zero-order valence-electron chi connectivity index (χ0n) is 14.9. The van der Waals surface area contributed by atoms with Crippen LogP contribution in [0.2, 0.25) is 0 Å². The van der Waals surface area contributed by atoms with Gasteiger partial charge in [0.2, 0.25) is 0 Å². The summed E-state index contributed by atoms with van der Waals surface area (Å²) in [6.45, 7) is 4.99. The maximum atomic E-state index is 11.9. The number of carbonyl (C=O) groups is 2. The van der Waals surface area contributed by atoms with Crippen LogP contribution in [0.15, 0.2) is 40.1 Å². The van der Waals surface area contributed by atoms with Crippen LogP contribution in [0, 0.1) is 13.8 Å². The summed E-state index contributed by atoms with van der Waals surface area (Å²) in [5.74, 6) is -1.20. The van der Waals surface area contributed by atoms with E-state index in [2.05, 4.69) is 5.32 Å². The molecule has 1 amide bonds. The van der Waals surface area contributed by atoms with E-state index in [1.54, 1.807) is 0 Å². The molecule has 138 valence electrons. The maximum absolute atomic E-state index is 11.9. The Morgan fingerprint density at radius 3 is 2.58 bits per heavy atom. The van der Waals surface area contributed by atoms with E-state index < -0.39 is 36.3 Å². The van der Waals surface area contributed by atoms with Gasteiger partial charge in [0.1, 0.15) is 6.54 Å². The smallest absolute Gasteiger partial charge is 0.328 e. The minimum atomic E-state index is -0.756. The second-order valence-corrected chi connectivity index (χ2v) is 6.03. The number of amides is 1. The summed E-state index contributed by atoms with van der Waals surface area (Å²) in [5, 5.41) is 2.75. The van der Waals surface area contributed by atoms with Crippen molar-refractivity contribution in [3.05, 3.63) is 68.0 Å². The van der Waals surface area contributed by atoms with E-state index in [-0.39, 0.29) is 6.04 Å². The molecule has 0 aliphatic heterocycles. The van der Waals surface area contributed by atoms with Crippen molar-refractivity contribution >= 4 is 11.9 Å². The average molecular weight is 359 g/mol. The highest BCUT2D eigenvalue weighted by Crippen LogP contribution is 2.16. The molecular formula is C18H21N3O5. The molecule has 0 aliphatic rings. The van der Waals surface area contributed by atoms with E-state index in [4.69, 9.17) is 4.74 Å². The largest absolute Gasteiger partial charge is 0.454 e. The maximum Gasteiger partial charge on any atom is 0.328 e. The van der Waals surface area contributed by atoms with Crippen molar-refractivity contribution in [3.63, 3.8) is 0 Å². The van der Waals surface area contributed by atoms with Gasteiger partial charge in [-0.05, 0) is 37.5 Å². The Balaban J connectivity index is 1.85. The highest BCUT2D eigenvalue weighted by Gasteiger charge is 2.13. The Kier molecular flexibility index (Phi) is 6.11. The molecule has 0 bridgehead atoms. The molecule has 0 fully saturated rings. The zero-order valence-corrected chi connectivity index (χ0v) is 14.9. The topological polar surface area (TPSA) is 110 Å². The van der Waals surface area contributed by atoms with Crippen molar-refractivity contribution in [1.29, 1.82) is 0 Å². The van der Waals surface area contributed by atoms with Gasteiger partial charge in [0.05, 0.1) is 6.04 Å². The number of nitrogens with zero attached hydrogens (tertiary/aromatic N) is 1. The molecule has 2 aromatic rings.